The summed E-state index contributed by atoms with van der Waals surface area (Å²) in [5.41, 5.74) is 0.745. The lowest BCUT2D eigenvalue weighted by molar-refractivity contribution is -0.143. The average molecular weight is 237 g/mol. The quantitative estimate of drug-likeness (QED) is 0.824. The molecule has 0 aliphatic carbocycles. The Morgan fingerprint density at radius 3 is 2.47 bits per heavy atom. The number of phenols is 1. The molecule has 0 aromatic heterocycles. The van der Waals surface area contributed by atoms with Gasteiger partial charge in [-0.1, -0.05) is 25.1 Å². The van der Waals surface area contributed by atoms with E-state index in [4.69, 9.17) is 5.11 Å². The number of phenolic OH excluding ortho intramolecular Hbond substituents is 1. The smallest absolute Gasteiger partial charge is 0.320 e. The third-order valence-electron chi connectivity index (χ3n) is 3.16. The Labute approximate surface area is 101 Å². The molecular weight excluding hydrogens is 218 g/mol. The first-order valence-corrected chi connectivity index (χ1v) is 5.71. The summed E-state index contributed by atoms with van der Waals surface area (Å²) in [7, 11) is 1.76. The van der Waals surface area contributed by atoms with Gasteiger partial charge in [0.15, 0.2) is 0 Å². The van der Waals surface area contributed by atoms with E-state index in [1.165, 1.54) is 0 Å². The van der Waals surface area contributed by atoms with Gasteiger partial charge in [0.05, 0.1) is 0 Å². The number of rotatable bonds is 5. The average Bonchev–Trinajstić information content (AvgIpc) is 2.29. The van der Waals surface area contributed by atoms with Gasteiger partial charge < -0.3 is 10.2 Å². The second-order valence-corrected chi connectivity index (χ2v) is 4.16. The Kier molecular flexibility index (Phi) is 4.52. The number of hydrogen-bond donors (Lipinski definition) is 2. The lowest BCUT2D eigenvalue weighted by atomic mass is 10.0. The maximum absolute atomic E-state index is 11.1. The fourth-order valence-electron chi connectivity index (χ4n) is 1.97. The van der Waals surface area contributed by atoms with Crippen LogP contribution in [0.3, 0.4) is 0 Å². The van der Waals surface area contributed by atoms with E-state index in [9.17, 15) is 9.90 Å². The van der Waals surface area contributed by atoms with Gasteiger partial charge in [0, 0.05) is 11.6 Å². The van der Waals surface area contributed by atoms with Gasteiger partial charge in [0.2, 0.25) is 0 Å². The Hall–Kier alpha value is -1.55. The van der Waals surface area contributed by atoms with Crippen LogP contribution in [0, 0.1) is 0 Å². The normalized spacial score (nSPS) is 14.6. The minimum atomic E-state index is -0.836. The summed E-state index contributed by atoms with van der Waals surface area (Å²) in [6, 6.07) is 6.33. The van der Waals surface area contributed by atoms with Gasteiger partial charge in [-0.25, -0.2) is 0 Å². The molecule has 2 unspecified atom stereocenters. The van der Waals surface area contributed by atoms with Crippen molar-refractivity contribution < 1.29 is 15.0 Å². The Morgan fingerprint density at radius 2 is 2.00 bits per heavy atom. The first-order chi connectivity index (χ1) is 7.99. The van der Waals surface area contributed by atoms with Crippen molar-refractivity contribution in [3.8, 4) is 5.75 Å². The largest absolute Gasteiger partial charge is 0.508 e. The van der Waals surface area contributed by atoms with Crippen molar-refractivity contribution in [2.24, 2.45) is 0 Å². The molecule has 0 saturated carbocycles. The summed E-state index contributed by atoms with van der Waals surface area (Å²) >= 11 is 0. The zero-order valence-corrected chi connectivity index (χ0v) is 10.4. The molecule has 0 fully saturated rings. The minimum absolute atomic E-state index is 0.141. The number of aliphatic carboxylic acids is 1. The molecule has 0 spiro atoms. The highest BCUT2D eigenvalue weighted by Gasteiger charge is 2.26. The Balaban J connectivity index is 2.93. The second kappa shape index (κ2) is 5.68. The highest BCUT2D eigenvalue weighted by atomic mass is 16.4. The fourth-order valence-corrected chi connectivity index (χ4v) is 1.97. The van der Waals surface area contributed by atoms with Gasteiger partial charge in [-0.15, -0.1) is 0 Å². The van der Waals surface area contributed by atoms with Crippen LogP contribution in [0.15, 0.2) is 24.3 Å². The van der Waals surface area contributed by atoms with Gasteiger partial charge >= 0.3 is 5.97 Å². The van der Waals surface area contributed by atoms with Crippen molar-refractivity contribution in [1.29, 1.82) is 0 Å². The topological polar surface area (TPSA) is 60.8 Å². The molecule has 2 atom stereocenters. The summed E-state index contributed by atoms with van der Waals surface area (Å²) in [6.45, 7) is 3.73. The van der Waals surface area contributed by atoms with Crippen LogP contribution in [0.1, 0.15) is 31.9 Å². The molecule has 94 valence electrons. The molecular formula is C13H19NO3. The number of carboxylic acids is 1. The van der Waals surface area contributed by atoms with Crippen molar-refractivity contribution in [2.45, 2.75) is 32.4 Å². The van der Waals surface area contributed by atoms with E-state index in [2.05, 4.69) is 0 Å². The molecule has 4 heteroatoms. The number of benzene rings is 1. The number of carboxylic acid groups (broad SMARTS) is 1. The van der Waals surface area contributed by atoms with E-state index in [0.29, 0.717) is 6.42 Å². The van der Waals surface area contributed by atoms with E-state index < -0.39 is 12.0 Å². The van der Waals surface area contributed by atoms with Crippen molar-refractivity contribution in [3.63, 3.8) is 0 Å². The van der Waals surface area contributed by atoms with Crippen LogP contribution in [0.4, 0.5) is 0 Å². The standard InChI is InChI=1S/C13H19NO3/c1-4-11(13(16)17)14(3)9(2)10-7-5-6-8-12(10)15/h5-9,11,15H,4H2,1-3H3,(H,16,17). The van der Waals surface area contributed by atoms with Crippen LogP contribution in [0.5, 0.6) is 5.75 Å². The van der Waals surface area contributed by atoms with Gasteiger partial charge in [-0.3, -0.25) is 9.69 Å². The van der Waals surface area contributed by atoms with Crippen LogP contribution in [-0.2, 0) is 4.79 Å². The third-order valence-corrected chi connectivity index (χ3v) is 3.16. The van der Waals surface area contributed by atoms with Crippen LogP contribution in [-0.4, -0.2) is 34.2 Å². The molecule has 0 bridgehead atoms. The number of para-hydroxylation sites is 1. The van der Waals surface area contributed by atoms with Gasteiger partial charge in [0.1, 0.15) is 11.8 Å². The second-order valence-electron chi connectivity index (χ2n) is 4.16. The van der Waals surface area contributed by atoms with E-state index in [-0.39, 0.29) is 11.8 Å². The van der Waals surface area contributed by atoms with Gasteiger partial charge in [-0.05, 0) is 26.5 Å². The van der Waals surface area contributed by atoms with Crippen LogP contribution in [0.2, 0.25) is 0 Å². The lowest BCUT2D eigenvalue weighted by Crippen LogP contribution is -2.39. The Bertz CT molecular complexity index is 392. The SMILES string of the molecule is CCC(C(=O)O)N(C)C(C)c1ccccc1O. The number of hydrogen-bond acceptors (Lipinski definition) is 3. The number of aromatic hydroxyl groups is 1. The zero-order valence-electron chi connectivity index (χ0n) is 10.4. The molecule has 1 rings (SSSR count). The van der Waals surface area contributed by atoms with Crippen LogP contribution >= 0.6 is 0 Å². The molecule has 1 aromatic rings. The summed E-state index contributed by atoms with van der Waals surface area (Å²) in [5, 5.41) is 18.9. The van der Waals surface area contributed by atoms with Gasteiger partial charge in [-0.2, -0.15) is 0 Å². The van der Waals surface area contributed by atoms with E-state index in [0.717, 1.165) is 5.56 Å². The molecule has 0 aliphatic rings. The molecule has 0 radical (unpaired) electrons. The number of carbonyl (C=O) groups is 1. The van der Waals surface area contributed by atoms with Crippen molar-refractivity contribution in [2.75, 3.05) is 7.05 Å². The van der Waals surface area contributed by atoms with E-state index in [1.54, 1.807) is 24.1 Å². The first-order valence-electron chi connectivity index (χ1n) is 5.71. The summed E-state index contributed by atoms with van der Waals surface area (Å²) in [5.74, 6) is -0.635. The summed E-state index contributed by atoms with van der Waals surface area (Å²) in [4.78, 5) is 12.8. The minimum Gasteiger partial charge on any atom is -0.508 e. The molecule has 1 aromatic carbocycles. The van der Waals surface area contributed by atoms with Crippen LogP contribution < -0.4 is 0 Å². The molecule has 17 heavy (non-hydrogen) atoms. The van der Waals surface area contributed by atoms with E-state index >= 15 is 0 Å². The highest BCUT2D eigenvalue weighted by molar-refractivity contribution is 5.73. The summed E-state index contributed by atoms with van der Waals surface area (Å²) < 4.78 is 0. The molecule has 0 amide bonds. The first kappa shape index (κ1) is 13.5. The molecule has 0 aliphatic heterocycles. The molecule has 4 nitrogen and oxygen atoms in total. The van der Waals surface area contributed by atoms with E-state index in [1.807, 2.05) is 26.0 Å². The number of nitrogens with zero attached hydrogens (tertiary/aromatic N) is 1. The van der Waals surface area contributed by atoms with Crippen LogP contribution in [0.25, 0.3) is 0 Å². The van der Waals surface area contributed by atoms with Crippen molar-refractivity contribution in [3.05, 3.63) is 29.8 Å². The third kappa shape index (κ3) is 2.97. The zero-order chi connectivity index (χ0) is 13.0. The van der Waals surface area contributed by atoms with Crippen molar-refractivity contribution in [1.82, 2.24) is 4.90 Å². The maximum atomic E-state index is 11.1. The predicted octanol–water partition coefficient (Wildman–Crippen LogP) is 2.25. The predicted molar refractivity (Wildman–Crippen MR) is 66.0 cm³/mol. The lowest BCUT2D eigenvalue weighted by Gasteiger charge is -2.30. The molecule has 0 heterocycles. The maximum Gasteiger partial charge on any atom is 0.320 e. The number of likely N-dealkylation sites (N-methyl/N-ethyl adjacent to an activating group) is 1. The Morgan fingerprint density at radius 1 is 1.41 bits per heavy atom. The van der Waals surface area contributed by atoms with Gasteiger partial charge in [0.25, 0.3) is 0 Å². The summed E-state index contributed by atoms with van der Waals surface area (Å²) in [6.07, 6.45) is 0.532. The highest BCUT2D eigenvalue weighted by Crippen LogP contribution is 2.28. The molecule has 0 saturated heterocycles. The fraction of sp³-hybridized carbons (Fsp3) is 0.462. The monoisotopic (exact) mass is 237 g/mol. The van der Waals surface area contributed by atoms with Crippen molar-refractivity contribution >= 4 is 5.97 Å². The molecule has 2 N–H and O–H groups in total.